The first-order valence-corrected chi connectivity index (χ1v) is 7.12. The Morgan fingerprint density at radius 2 is 2.05 bits per heavy atom. The van der Waals surface area contributed by atoms with Gasteiger partial charge in [0, 0.05) is 10.0 Å². The molecule has 1 heterocycles. The highest BCUT2D eigenvalue weighted by atomic mass is 35.5. The molecule has 0 saturated heterocycles. The highest BCUT2D eigenvalue weighted by Crippen LogP contribution is 2.28. The Morgan fingerprint density at radius 1 is 1.30 bits per heavy atom. The topological polar surface area (TPSA) is 50.9 Å². The molecule has 0 bridgehead atoms. The van der Waals surface area contributed by atoms with E-state index >= 15 is 0 Å². The molecule has 0 aliphatic heterocycles. The first-order valence-electron chi connectivity index (χ1n) is 5.95. The molecule has 20 heavy (non-hydrogen) atoms. The number of nitrogens with one attached hydrogen (secondary N) is 1. The van der Waals surface area contributed by atoms with Crippen LogP contribution in [0.4, 0.5) is 5.82 Å². The maximum atomic E-state index is 6.19. The van der Waals surface area contributed by atoms with Crippen molar-refractivity contribution in [2.45, 2.75) is 13.0 Å². The van der Waals surface area contributed by atoms with E-state index in [1.165, 1.54) is 0 Å². The Hall–Kier alpha value is -1.36. The molecule has 3 N–H and O–H groups in total. The first-order chi connectivity index (χ1) is 9.47. The van der Waals surface area contributed by atoms with Crippen molar-refractivity contribution in [1.82, 2.24) is 4.98 Å². The van der Waals surface area contributed by atoms with Crippen LogP contribution in [-0.4, -0.2) is 9.97 Å². The van der Waals surface area contributed by atoms with Gasteiger partial charge in [-0.15, -0.1) is 0 Å². The Kier molecular flexibility index (Phi) is 4.81. The molecule has 0 spiro atoms. The summed E-state index contributed by atoms with van der Waals surface area (Å²) in [5.74, 6) is 0.689. The largest absolute Gasteiger partial charge is 0.388 e. The molecular weight excluding hydrogens is 313 g/mol. The minimum Gasteiger partial charge on any atom is -0.388 e. The number of benzene rings is 1. The summed E-state index contributed by atoms with van der Waals surface area (Å²) in [6.45, 7) is 1.99. The summed E-state index contributed by atoms with van der Waals surface area (Å²) in [6.07, 6.45) is 0. The fourth-order valence-corrected chi connectivity index (χ4v) is 2.49. The summed E-state index contributed by atoms with van der Waals surface area (Å²) in [5.41, 5.74) is 7.10. The van der Waals surface area contributed by atoms with Gasteiger partial charge in [0.05, 0.1) is 11.7 Å². The SMILES string of the molecule is CC(Nc1cccc(C(N)=S)n1)c1ccc(Cl)cc1Cl. The molecule has 0 radical (unpaired) electrons. The Morgan fingerprint density at radius 3 is 2.70 bits per heavy atom. The van der Waals surface area contributed by atoms with Crippen LogP contribution in [0.25, 0.3) is 0 Å². The van der Waals surface area contributed by atoms with Gasteiger partial charge in [0.2, 0.25) is 0 Å². The van der Waals surface area contributed by atoms with Crippen LogP contribution in [0.3, 0.4) is 0 Å². The van der Waals surface area contributed by atoms with E-state index in [4.69, 9.17) is 41.2 Å². The van der Waals surface area contributed by atoms with E-state index in [1.807, 2.05) is 25.1 Å². The molecule has 2 rings (SSSR count). The molecule has 104 valence electrons. The van der Waals surface area contributed by atoms with Crippen LogP contribution in [0.5, 0.6) is 0 Å². The average molecular weight is 326 g/mol. The number of hydrogen-bond acceptors (Lipinski definition) is 3. The second-order valence-electron chi connectivity index (χ2n) is 4.30. The standard InChI is InChI=1S/C14H13Cl2N3S/c1-8(10-6-5-9(15)7-11(10)16)18-13-4-2-3-12(19-13)14(17)20/h2-8H,1H3,(H2,17,20)(H,18,19). The number of rotatable bonds is 4. The van der Waals surface area contributed by atoms with Crippen molar-refractivity contribution in [1.29, 1.82) is 0 Å². The Labute approximate surface area is 133 Å². The summed E-state index contributed by atoms with van der Waals surface area (Å²) < 4.78 is 0. The number of thiocarbonyl (C=S) groups is 1. The summed E-state index contributed by atoms with van der Waals surface area (Å²) >= 11 is 17.0. The first kappa shape index (κ1) is 15.0. The third kappa shape index (κ3) is 3.60. The number of hydrogen-bond donors (Lipinski definition) is 2. The molecule has 6 heteroatoms. The van der Waals surface area contributed by atoms with Crippen molar-refractivity contribution in [3.63, 3.8) is 0 Å². The quantitative estimate of drug-likeness (QED) is 0.827. The van der Waals surface area contributed by atoms with Crippen molar-refractivity contribution in [3.05, 3.63) is 57.7 Å². The average Bonchev–Trinajstić information content (AvgIpc) is 2.38. The van der Waals surface area contributed by atoms with Gasteiger partial charge in [0.15, 0.2) is 0 Å². The van der Waals surface area contributed by atoms with Gasteiger partial charge in [-0.1, -0.05) is 47.6 Å². The number of aromatic nitrogens is 1. The maximum Gasteiger partial charge on any atom is 0.127 e. The molecule has 0 fully saturated rings. The van der Waals surface area contributed by atoms with Gasteiger partial charge in [0.1, 0.15) is 10.8 Å². The maximum absolute atomic E-state index is 6.19. The van der Waals surface area contributed by atoms with E-state index < -0.39 is 0 Å². The number of nitrogens with two attached hydrogens (primary N) is 1. The highest BCUT2D eigenvalue weighted by Gasteiger charge is 2.11. The monoisotopic (exact) mass is 325 g/mol. The van der Waals surface area contributed by atoms with Gasteiger partial charge in [-0.05, 0) is 36.8 Å². The van der Waals surface area contributed by atoms with Crippen LogP contribution < -0.4 is 11.1 Å². The highest BCUT2D eigenvalue weighted by molar-refractivity contribution is 7.80. The zero-order chi connectivity index (χ0) is 14.7. The van der Waals surface area contributed by atoms with E-state index in [2.05, 4.69) is 10.3 Å². The smallest absolute Gasteiger partial charge is 0.127 e. The molecule has 1 aromatic heterocycles. The summed E-state index contributed by atoms with van der Waals surface area (Å²) in [5, 5.41) is 4.48. The van der Waals surface area contributed by atoms with Gasteiger partial charge in [-0.2, -0.15) is 0 Å². The Bertz CT molecular complexity index is 646. The van der Waals surface area contributed by atoms with Crippen LogP contribution >= 0.6 is 35.4 Å². The number of anilines is 1. The van der Waals surface area contributed by atoms with Crippen molar-refractivity contribution in [2.24, 2.45) is 5.73 Å². The molecule has 0 amide bonds. The van der Waals surface area contributed by atoms with E-state index in [0.29, 0.717) is 21.6 Å². The van der Waals surface area contributed by atoms with Crippen LogP contribution in [0.15, 0.2) is 36.4 Å². The van der Waals surface area contributed by atoms with E-state index in [-0.39, 0.29) is 11.0 Å². The van der Waals surface area contributed by atoms with E-state index in [0.717, 1.165) is 5.56 Å². The lowest BCUT2D eigenvalue weighted by atomic mass is 10.1. The van der Waals surface area contributed by atoms with Gasteiger partial charge in [-0.25, -0.2) is 4.98 Å². The van der Waals surface area contributed by atoms with Crippen molar-refractivity contribution in [3.8, 4) is 0 Å². The minimum atomic E-state index is -0.0196. The van der Waals surface area contributed by atoms with Crippen molar-refractivity contribution in [2.75, 3.05) is 5.32 Å². The molecule has 3 nitrogen and oxygen atoms in total. The predicted octanol–water partition coefficient (Wildman–Crippen LogP) is 4.20. The molecule has 2 aromatic rings. The third-order valence-electron chi connectivity index (χ3n) is 2.79. The van der Waals surface area contributed by atoms with Crippen LogP contribution in [0.1, 0.15) is 24.2 Å². The number of nitrogens with zero attached hydrogens (tertiary/aromatic N) is 1. The molecule has 1 atom stereocenters. The lowest BCUT2D eigenvalue weighted by Gasteiger charge is -2.17. The molecular formula is C14H13Cl2N3S. The van der Waals surface area contributed by atoms with Gasteiger partial charge < -0.3 is 11.1 Å². The Balaban J connectivity index is 2.21. The lowest BCUT2D eigenvalue weighted by Crippen LogP contribution is -2.14. The molecule has 0 aliphatic carbocycles. The summed E-state index contributed by atoms with van der Waals surface area (Å²) in [6, 6.07) is 10.9. The molecule has 0 saturated carbocycles. The fourth-order valence-electron chi connectivity index (χ4n) is 1.80. The lowest BCUT2D eigenvalue weighted by molar-refractivity contribution is 0.874. The second kappa shape index (κ2) is 6.39. The predicted molar refractivity (Wildman–Crippen MR) is 88.6 cm³/mol. The van der Waals surface area contributed by atoms with Gasteiger partial charge in [-0.3, -0.25) is 0 Å². The van der Waals surface area contributed by atoms with Crippen LogP contribution in [0, 0.1) is 0 Å². The summed E-state index contributed by atoms with van der Waals surface area (Å²) in [7, 11) is 0. The molecule has 1 unspecified atom stereocenters. The van der Waals surface area contributed by atoms with E-state index in [9.17, 15) is 0 Å². The zero-order valence-corrected chi connectivity index (χ0v) is 13.1. The van der Waals surface area contributed by atoms with Crippen molar-refractivity contribution < 1.29 is 0 Å². The van der Waals surface area contributed by atoms with Crippen LogP contribution in [-0.2, 0) is 0 Å². The number of halogens is 2. The molecule has 0 aliphatic rings. The summed E-state index contributed by atoms with van der Waals surface area (Å²) in [4.78, 5) is 4.61. The van der Waals surface area contributed by atoms with E-state index in [1.54, 1.807) is 18.2 Å². The number of pyridine rings is 1. The normalized spacial score (nSPS) is 11.9. The van der Waals surface area contributed by atoms with Crippen LogP contribution in [0.2, 0.25) is 10.0 Å². The third-order valence-corrected chi connectivity index (χ3v) is 3.57. The van der Waals surface area contributed by atoms with Crippen molar-refractivity contribution >= 4 is 46.2 Å². The molecule has 1 aromatic carbocycles. The van der Waals surface area contributed by atoms with Gasteiger partial charge in [0.25, 0.3) is 0 Å². The fraction of sp³-hybridized carbons (Fsp3) is 0.143. The second-order valence-corrected chi connectivity index (χ2v) is 5.59. The zero-order valence-electron chi connectivity index (χ0n) is 10.7. The van der Waals surface area contributed by atoms with Gasteiger partial charge >= 0.3 is 0 Å². The minimum absolute atomic E-state index is 0.0196.